The van der Waals surface area contributed by atoms with Crippen LogP contribution < -0.4 is 4.74 Å². The topological polar surface area (TPSA) is 110 Å². The van der Waals surface area contributed by atoms with Crippen molar-refractivity contribution in [2.75, 3.05) is 39.6 Å². The lowest BCUT2D eigenvalue weighted by atomic mass is 9.82. The molecule has 0 aromatic heterocycles. The fourth-order valence-electron chi connectivity index (χ4n) is 9.31. The molecule has 2 aliphatic heterocycles. The summed E-state index contributed by atoms with van der Waals surface area (Å²) in [4.78, 5) is 0.228. The van der Waals surface area contributed by atoms with Gasteiger partial charge in [0.1, 0.15) is 11.5 Å². The number of phenolic OH excluding ortho intramolecular Hbond substituents is 1. The van der Waals surface area contributed by atoms with Gasteiger partial charge in [-0.3, -0.25) is 4.18 Å². The van der Waals surface area contributed by atoms with E-state index >= 15 is 0 Å². The lowest BCUT2D eigenvalue weighted by Gasteiger charge is -2.37. The first-order valence-corrected chi connectivity index (χ1v) is 26.5. The van der Waals surface area contributed by atoms with Crippen molar-refractivity contribution in [2.45, 2.75) is 117 Å². The highest BCUT2D eigenvalue weighted by Crippen LogP contribution is 2.37. The third-order valence-electron chi connectivity index (χ3n) is 14.2. The van der Waals surface area contributed by atoms with Gasteiger partial charge in [0.25, 0.3) is 10.1 Å². The lowest BCUT2D eigenvalue weighted by molar-refractivity contribution is -0.229. The van der Waals surface area contributed by atoms with Crippen LogP contribution in [0.2, 0.25) is 0 Å². The summed E-state index contributed by atoms with van der Waals surface area (Å²) in [6.07, 6.45) is 10.5. The third kappa shape index (κ3) is 17.4. The predicted molar refractivity (Wildman–Crippen MR) is 278 cm³/mol. The normalized spacial score (nSPS) is 24.0. The minimum absolute atomic E-state index is 0. The molecule has 0 amide bonds. The van der Waals surface area contributed by atoms with Crippen molar-refractivity contribution >= 4 is 10.1 Å². The van der Waals surface area contributed by atoms with E-state index in [4.69, 9.17) is 33.0 Å². The van der Waals surface area contributed by atoms with Gasteiger partial charge in [0.15, 0.2) is 35.8 Å². The van der Waals surface area contributed by atoms with E-state index in [1.54, 1.807) is 42.5 Å². The fraction of sp³-hybridized carbons (Fsp3) is 0.492. The van der Waals surface area contributed by atoms with Gasteiger partial charge in [-0.25, -0.2) is 17.6 Å². The molecule has 4 fully saturated rings. The van der Waals surface area contributed by atoms with Gasteiger partial charge in [-0.1, -0.05) is 82.8 Å². The van der Waals surface area contributed by atoms with E-state index in [2.05, 4.69) is 13.8 Å². The summed E-state index contributed by atoms with van der Waals surface area (Å²) in [6, 6.07) is 28.2. The fourth-order valence-corrected chi connectivity index (χ4v) is 10.3. The number of aromatic hydroxyl groups is 1. The third-order valence-corrected chi connectivity index (χ3v) is 15.5. The number of rotatable bonds is 13. The maximum absolute atomic E-state index is 13.4. The van der Waals surface area contributed by atoms with Crippen LogP contribution in [0.15, 0.2) is 114 Å². The number of hydrogen-bond acceptors (Lipinski definition) is 9. The first kappa shape index (κ1) is 59.1. The summed E-state index contributed by atoms with van der Waals surface area (Å²) < 4.78 is 112. The molecule has 5 aromatic carbocycles. The number of aryl methyl sites for hydroxylation is 1. The van der Waals surface area contributed by atoms with Crippen molar-refractivity contribution in [1.29, 1.82) is 0 Å². The number of benzene rings is 5. The molecule has 2 saturated heterocycles. The van der Waals surface area contributed by atoms with E-state index in [1.165, 1.54) is 24.3 Å². The Morgan fingerprint density at radius 2 is 0.904 bits per heavy atom. The van der Waals surface area contributed by atoms with Crippen molar-refractivity contribution in [3.05, 3.63) is 138 Å². The molecule has 4 aliphatic rings. The lowest BCUT2D eigenvalue weighted by Crippen LogP contribution is -2.38. The van der Waals surface area contributed by atoms with Crippen LogP contribution in [0, 0.1) is 65.7 Å². The Morgan fingerprint density at radius 3 is 1.32 bits per heavy atom. The second-order valence-corrected chi connectivity index (χ2v) is 21.0. The average molecular weight is 1040 g/mol. The molecule has 0 unspecified atom stereocenters. The smallest absolute Gasteiger partial charge is 0.296 e. The van der Waals surface area contributed by atoms with Crippen molar-refractivity contribution in [1.82, 2.24) is 0 Å². The van der Waals surface area contributed by atoms with Crippen LogP contribution in [0.3, 0.4) is 0 Å². The molecule has 0 radical (unpaired) electrons. The highest BCUT2D eigenvalue weighted by molar-refractivity contribution is 7.86. The second-order valence-electron chi connectivity index (χ2n) is 19.4. The Balaban J connectivity index is 0.000000210. The molecular weight excluding hydrogens is 961 g/mol. The Kier molecular flexibility index (Phi) is 23.2. The van der Waals surface area contributed by atoms with E-state index in [9.17, 15) is 26.0 Å². The number of ether oxygens (including phenoxy) is 5. The van der Waals surface area contributed by atoms with E-state index in [-0.39, 0.29) is 50.6 Å². The summed E-state index contributed by atoms with van der Waals surface area (Å²) in [5, 5.41) is 9.07. The van der Waals surface area contributed by atoms with E-state index in [0.717, 1.165) is 131 Å². The van der Waals surface area contributed by atoms with Gasteiger partial charge in [-0.15, -0.1) is 0 Å². The van der Waals surface area contributed by atoms with Crippen molar-refractivity contribution in [2.24, 2.45) is 35.5 Å². The highest BCUT2D eigenvalue weighted by atomic mass is 32.2. The van der Waals surface area contributed by atoms with Crippen molar-refractivity contribution in [3.8, 4) is 33.8 Å². The second kappa shape index (κ2) is 28.7. The van der Waals surface area contributed by atoms with Crippen LogP contribution in [0.5, 0.6) is 11.5 Å². The molecule has 73 heavy (non-hydrogen) atoms. The molecule has 2 saturated carbocycles. The molecule has 2 aliphatic carbocycles. The van der Waals surface area contributed by atoms with Gasteiger partial charge in [0.05, 0.1) is 44.5 Å². The van der Waals surface area contributed by atoms with E-state index in [0.29, 0.717) is 47.3 Å². The van der Waals surface area contributed by atoms with Crippen LogP contribution in [0.25, 0.3) is 22.3 Å². The Morgan fingerprint density at radius 1 is 0.507 bits per heavy atom. The van der Waals surface area contributed by atoms with Gasteiger partial charge >= 0.3 is 0 Å². The Hall–Kier alpha value is -4.83. The molecule has 5 aromatic rings. The zero-order valence-electron chi connectivity index (χ0n) is 41.0. The summed E-state index contributed by atoms with van der Waals surface area (Å²) in [6.45, 7) is 10.5. The molecule has 0 spiro atoms. The molecule has 9 nitrogen and oxygen atoms in total. The van der Waals surface area contributed by atoms with Crippen molar-refractivity contribution in [3.63, 3.8) is 0 Å². The molecular formula is C59H76F4O9S. The van der Waals surface area contributed by atoms with Crippen LogP contribution in [-0.2, 0) is 33.2 Å². The predicted octanol–water partition coefficient (Wildman–Crippen LogP) is 14.7. The maximum atomic E-state index is 13.4. The molecule has 0 bridgehead atoms. The molecule has 9 rings (SSSR count). The van der Waals surface area contributed by atoms with E-state index in [1.807, 2.05) is 31.2 Å². The molecule has 14 heteroatoms. The van der Waals surface area contributed by atoms with Crippen molar-refractivity contribution < 1.29 is 59.0 Å². The van der Waals surface area contributed by atoms with Crippen LogP contribution >= 0.6 is 0 Å². The van der Waals surface area contributed by atoms with Crippen LogP contribution in [0.1, 0.15) is 98.5 Å². The number of hydrogen-bond donors (Lipinski definition) is 1. The zero-order chi connectivity index (χ0) is 50.3. The van der Waals surface area contributed by atoms with E-state index < -0.39 is 33.4 Å². The SMILES string of the molecule is C.C.CCC1COC(C2CCC(COS(=O)(=O)c3ccc(C)cc3)CC2)OC1.CCC1COC(C2CCC(COc3ccc(-c4ccc(F)c(F)c4)cc3)CC2)OC1.Oc1ccc(-c2ccc(F)c(F)c2)cc1. The van der Waals surface area contributed by atoms with Gasteiger partial charge < -0.3 is 28.8 Å². The maximum Gasteiger partial charge on any atom is 0.296 e. The summed E-state index contributed by atoms with van der Waals surface area (Å²) in [5.41, 5.74) is 3.82. The van der Waals surface area contributed by atoms with Crippen LogP contribution in [0.4, 0.5) is 17.6 Å². The molecule has 0 atom stereocenters. The average Bonchev–Trinajstić information content (AvgIpc) is 3.40. The Bertz CT molecular complexity index is 2500. The van der Waals surface area contributed by atoms with Gasteiger partial charge in [-0.05, 0) is 166 Å². The van der Waals surface area contributed by atoms with Gasteiger partial charge in [0, 0.05) is 23.7 Å². The monoisotopic (exact) mass is 1040 g/mol. The molecule has 400 valence electrons. The number of halogens is 4. The molecule has 1 N–H and O–H groups in total. The minimum atomic E-state index is -3.67. The first-order chi connectivity index (χ1) is 34.3. The summed E-state index contributed by atoms with van der Waals surface area (Å²) in [7, 11) is -3.67. The summed E-state index contributed by atoms with van der Waals surface area (Å²) >= 11 is 0. The highest BCUT2D eigenvalue weighted by Gasteiger charge is 2.34. The van der Waals surface area contributed by atoms with Gasteiger partial charge in [-0.2, -0.15) is 8.42 Å². The Labute approximate surface area is 431 Å². The minimum Gasteiger partial charge on any atom is -0.508 e. The molecule has 2 heterocycles. The van der Waals surface area contributed by atoms with Crippen LogP contribution in [-0.4, -0.2) is 65.7 Å². The van der Waals surface area contributed by atoms with Gasteiger partial charge in [0.2, 0.25) is 0 Å². The zero-order valence-corrected chi connectivity index (χ0v) is 41.8. The summed E-state index contributed by atoms with van der Waals surface area (Å²) in [5.74, 6) is 0.317. The first-order valence-electron chi connectivity index (χ1n) is 25.1. The quantitative estimate of drug-likeness (QED) is 0.0910. The number of phenols is 1. The standard InChI is InChI=1S/C25H30F2O3.C20H30O5S.C12H8F2O.2CH4/c1-2-17-14-29-25(30-15-17)20-5-3-18(4-6-20)16-28-22-10-7-19(8-11-22)21-9-12-23(26)24(27)13-21;1-3-16-12-23-20(24-13-16)18-8-6-17(7-9-18)14-25-26(21,22)19-10-4-15(2)5-11-19;13-11-6-3-9(7-12(11)14)8-1-4-10(15)5-2-8;;/h7-13,17-18,20,25H,2-6,14-16H2,1H3;4-5,10-11,16-18,20H,3,6-9,12-14H2,1-2H3;1-7,15H;2*1H4. The largest absolute Gasteiger partial charge is 0.508 e.